The van der Waals surface area contributed by atoms with E-state index in [1.807, 2.05) is 6.07 Å². The van der Waals surface area contributed by atoms with Gasteiger partial charge in [-0.25, -0.2) is 0 Å². The van der Waals surface area contributed by atoms with Gasteiger partial charge in [0, 0.05) is 23.2 Å². The number of aryl methyl sites for hydroxylation is 2. The van der Waals surface area contributed by atoms with Crippen LogP contribution in [0.25, 0.3) is 54.9 Å². The first-order chi connectivity index (χ1) is 15.6. The van der Waals surface area contributed by atoms with Crippen molar-refractivity contribution in [2.75, 3.05) is 0 Å². The molecule has 1 atom stereocenters. The van der Waals surface area contributed by atoms with Crippen molar-refractivity contribution in [1.29, 1.82) is 0 Å². The first-order valence-electron chi connectivity index (χ1n) is 11.5. The molecular weight excluding hydrogens is 390 g/mol. The predicted octanol–water partition coefficient (Wildman–Crippen LogP) is 8.72. The van der Waals surface area contributed by atoms with Crippen LogP contribution in [-0.4, -0.2) is 4.57 Å². The van der Waals surface area contributed by atoms with Gasteiger partial charge in [-0.2, -0.15) is 0 Å². The number of para-hydroxylation sites is 1. The topological polar surface area (TPSA) is 18.1 Å². The van der Waals surface area contributed by atoms with Crippen molar-refractivity contribution < 1.29 is 4.42 Å². The van der Waals surface area contributed by atoms with E-state index >= 15 is 0 Å². The highest BCUT2D eigenvalue weighted by atomic mass is 16.3. The van der Waals surface area contributed by atoms with Crippen LogP contribution in [0.15, 0.2) is 77.2 Å². The number of fused-ring (bicyclic) bond motifs is 7. The number of aromatic nitrogens is 1. The molecule has 0 fully saturated rings. The quantitative estimate of drug-likeness (QED) is 0.281. The maximum absolute atomic E-state index is 6.39. The lowest BCUT2D eigenvalue weighted by Gasteiger charge is -2.17. The second-order valence-electron chi connectivity index (χ2n) is 9.02. The summed E-state index contributed by atoms with van der Waals surface area (Å²) < 4.78 is 8.73. The summed E-state index contributed by atoms with van der Waals surface area (Å²) in [4.78, 5) is 0. The molecule has 0 amide bonds. The van der Waals surface area contributed by atoms with Gasteiger partial charge in [0.1, 0.15) is 11.2 Å². The standard InChI is InChI=1S/C30H27NO/c1-5-18(2)20-10-6-7-11-22(20)21-14-15-25-28-26(31(4)29(25)19(21)3)17-16-24-23-12-8-9-13-27(23)32-30(24)28/h6-18H,5H2,1-4H3. The fourth-order valence-corrected chi connectivity index (χ4v) is 5.46. The molecule has 2 aromatic heterocycles. The van der Waals surface area contributed by atoms with Gasteiger partial charge in [0.25, 0.3) is 0 Å². The van der Waals surface area contributed by atoms with Crippen LogP contribution in [-0.2, 0) is 7.05 Å². The van der Waals surface area contributed by atoms with Crippen molar-refractivity contribution in [1.82, 2.24) is 4.57 Å². The normalized spacial score (nSPS) is 13.0. The Kier molecular flexibility index (Phi) is 4.19. The minimum absolute atomic E-state index is 0.531. The molecule has 0 N–H and O–H groups in total. The number of nitrogens with zero attached hydrogens (tertiary/aromatic N) is 1. The minimum atomic E-state index is 0.531. The number of hydrogen-bond donors (Lipinski definition) is 0. The summed E-state index contributed by atoms with van der Waals surface area (Å²) >= 11 is 0. The van der Waals surface area contributed by atoms with Gasteiger partial charge in [-0.3, -0.25) is 0 Å². The maximum Gasteiger partial charge on any atom is 0.145 e. The maximum atomic E-state index is 6.39. The molecule has 0 saturated carbocycles. The average molecular weight is 418 g/mol. The molecule has 2 heteroatoms. The summed E-state index contributed by atoms with van der Waals surface area (Å²) in [6.45, 7) is 6.85. The summed E-state index contributed by atoms with van der Waals surface area (Å²) in [6, 6.07) is 26.2. The van der Waals surface area contributed by atoms with E-state index in [9.17, 15) is 0 Å². The molecule has 4 aromatic carbocycles. The average Bonchev–Trinajstić information content (AvgIpc) is 3.34. The highest BCUT2D eigenvalue weighted by Gasteiger charge is 2.20. The number of furan rings is 1. The SMILES string of the molecule is CCC(C)c1ccccc1-c1ccc2c3c4oc5ccccc5c4ccc3n(C)c2c1C. The first kappa shape index (κ1) is 19.2. The van der Waals surface area contributed by atoms with Crippen LogP contribution in [0.4, 0.5) is 0 Å². The fraction of sp³-hybridized carbons (Fsp3) is 0.200. The van der Waals surface area contributed by atoms with Gasteiger partial charge < -0.3 is 8.98 Å². The Balaban J connectivity index is 1.70. The van der Waals surface area contributed by atoms with E-state index in [-0.39, 0.29) is 0 Å². The van der Waals surface area contributed by atoms with E-state index in [4.69, 9.17) is 4.42 Å². The van der Waals surface area contributed by atoms with Crippen molar-refractivity contribution in [3.63, 3.8) is 0 Å². The van der Waals surface area contributed by atoms with Crippen LogP contribution >= 0.6 is 0 Å². The third kappa shape index (κ3) is 2.53. The Hall–Kier alpha value is -3.52. The molecule has 2 heterocycles. The molecule has 0 saturated heterocycles. The third-order valence-electron chi connectivity index (χ3n) is 7.32. The summed E-state index contributed by atoms with van der Waals surface area (Å²) in [5.41, 5.74) is 9.84. The predicted molar refractivity (Wildman–Crippen MR) is 137 cm³/mol. The summed E-state index contributed by atoms with van der Waals surface area (Å²) in [5.74, 6) is 0.531. The van der Waals surface area contributed by atoms with Crippen LogP contribution in [0.5, 0.6) is 0 Å². The van der Waals surface area contributed by atoms with Crippen molar-refractivity contribution >= 4 is 43.7 Å². The molecule has 0 aliphatic carbocycles. The molecule has 6 aromatic rings. The Morgan fingerprint density at radius 1 is 0.812 bits per heavy atom. The largest absolute Gasteiger partial charge is 0.455 e. The van der Waals surface area contributed by atoms with Gasteiger partial charge in [0.05, 0.1) is 16.4 Å². The molecule has 1 unspecified atom stereocenters. The zero-order chi connectivity index (χ0) is 22.0. The molecule has 0 bridgehead atoms. The van der Waals surface area contributed by atoms with Crippen LogP contribution in [0.1, 0.15) is 37.3 Å². The number of hydrogen-bond acceptors (Lipinski definition) is 1. The molecule has 0 aliphatic heterocycles. The van der Waals surface area contributed by atoms with E-state index in [2.05, 4.69) is 99.1 Å². The molecule has 158 valence electrons. The van der Waals surface area contributed by atoms with Crippen molar-refractivity contribution in [2.24, 2.45) is 7.05 Å². The molecule has 2 nitrogen and oxygen atoms in total. The second kappa shape index (κ2) is 7.00. The lowest BCUT2D eigenvalue weighted by atomic mass is 9.88. The van der Waals surface area contributed by atoms with Crippen molar-refractivity contribution in [3.8, 4) is 11.1 Å². The smallest absolute Gasteiger partial charge is 0.145 e. The Morgan fingerprint density at radius 2 is 1.56 bits per heavy atom. The summed E-state index contributed by atoms with van der Waals surface area (Å²) in [5, 5.41) is 4.83. The van der Waals surface area contributed by atoms with Gasteiger partial charge in [-0.15, -0.1) is 0 Å². The molecule has 0 spiro atoms. The first-order valence-corrected chi connectivity index (χ1v) is 11.5. The van der Waals surface area contributed by atoms with Gasteiger partial charge in [-0.05, 0) is 59.7 Å². The Bertz CT molecular complexity index is 1650. The Labute approximate surface area is 188 Å². The van der Waals surface area contributed by atoms with Gasteiger partial charge in [0.15, 0.2) is 0 Å². The zero-order valence-electron chi connectivity index (χ0n) is 19.1. The van der Waals surface area contributed by atoms with E-state index < -0.39 is 0 Å². The fourth-order valence-electron chi connectivity index (χ4n) is 5.46. The minimum Gasteiger partial charge on any atom is -0.455 e. The van der Waals surface area contributed by atoms with Gasteiger partial charge in [0.2, 0.25) is 0 Å². The molecular formula is C30H27NO. The lowest BCUT2D eigenvalue weighted by molar-refractivity contribution is 0.673. The van der Waals surface area contributed by atoms with Crippen molar-refractivity contribution in [3.05, 3.63) is 83.9 Å². The van der Waals surface area contributed by atoms with Crippen molar-refractivity contribution in [2.45, 2.75) is 33.1 Å². The highest BCUT2D eigenvalue weighted by Crippen LogP contribution is 2.42. The zero-order valence-corrected chi connectivity index (χ0v) is 19.1. The molecule has 0 aliphatic rings. The Morgan fingerprint density at radius 3 is 2.41 bits per heavy atom. The number of rotatable bonds is 3. The monoisotopic (exact) mass is 417 g/mol. The van der Waals surface area contributed by atoms with E-state index in [1.165, 1.54) is 54.8 Å². The van der Waals surface area contributed by atoms with Gasteiger partial charge in [-0.1, -0.05) is 68.4 Å². The highest BCUT2D eigenvalue weighted by molar-refractivity contribution is 6.24. The molecule has 0 radical (unpaired) electrons. The van der Waals surface area contributed by atoms with Crippen LogP contribution in [0, 0.1) is 6.92 Å². The van der Waals surface area contributed by atoms with Crippen LogP contribution in [0.3, 0.4) is 0 Å². The van der Waals surface area contributed by atoms with E-state index in [0.29, 0.717) is 5.92 Å². The number of benzene rings is 4. The summed E-state index contributed by atoms with van der Waals surface area (Å²) in [6.07, 6.45) is 1.14. The summed E-state index contributed by atoms with van der Waals surface area (Å²) in [7, 11) is 2.18. The second-order valence-corrected chi connectivity index (χ2v) is 9.02. The van der Waals surface area contributed by atoms with Gasteiger partial charge >= 0.3 is 0 Å². The van der Waals surface area contributed by atoms with Crippen LogP contribution < -0.4 is 0 Å². The molecule has 32 heavy (non-hydrogen) atoms. The molecule has 6 rings (SSSR count). The van der Waals surface area contributed by atoms with Crippen LogP contribution in [0.2, 0.25) is 0 Å². The lowest BCUT2D eigenvalue weighted by Crippen LogP contribution is -1.97. The third-order valence-corrected chi connectivity index (χ3v) is 7.32. The van der Waals surface area contributed by atoms with E-state index in [0.717, 1.165) is 17.6 Å². The van der Waals surface area contributed by atoms with E-state index in [1.54, 1.807) is 0 Å².